The van der Waals surface area contributed by atoms with Crippen LogP contribution in [0.25, 0.3) is 0 Å². The first-order valence-electron chi connectivity index (χ1n) is 6.87. The molecule has 0 saturated carbocycles. The first-order chi connectivity index (χ1) is 10.1. The van der Waals surface area contributed by atoms with Gasteiger partial charge in [0.25, 0.3) is 0 Å². The van der Waals surface area contributed by atoms with E-state index in [1.165, 1.54) is 12.1 Å². The van der Waals surface area contributed by atoms with E-state index in [0.717, 1.165) is 12.8 Å². The zero-order valence-electron chi connectivity index (χ0n) is 11.4. The molecular formula is C14H16ClFN2O3. The van der Waals surface area contributed by atoms with Crippen molar-refractivity contribution in [2.45, 2.75) is 18.6 Å². The number of carbonyl (C=O) groups excluding carboxylic acids is 1. The summed E-state index contributed by atoms with van der Waals surface area (Å²) in [6.07, 6.45) is 1.55. The smallest absolute Gasteiger partial charge is 0.322 e. The number of nitrogens with zero attached hydrogens (tertiary/aromatic N) is 1. The predicted octanol–water partition coefficient (Wildman–Crippen LogP) is 2.85. The highest BCUT2D eigenvalue weighted by atomic mass is 35.5. The lowest BCUT2D eigenvalue weighted by molar-refractivity contribution is -0.182. The van der Waals surface area contributed by atoms with Crippen molar-refractivity contribution in [2.24, 2.45) is 0 Å². The summed E-state index contributed by atoms with van der Waals surface area (Å²) < 4.78 is 25.0. The Kier molecular flexibility index (Phi) is 4.01. The fourth-order valence-corrected chi connectivity index (χ4v) is 2.86. The minimum Gasteiger partial charge on any atom is -0.346 e. The van der Waals surface area contributed by atoms with Crippen LogP contribution >= 0.6 is 11.6 Å². The fourth-order valence-electron chi connectivity index (χ4n) is 2.69. The molecule has 2 heterocycles. The van der Waals surface area contributed by atoms with Gasteiger partial charge in [0, 0.05) is 13.0 Å². The van der Waals surface area contributed by atoms with Gasteiger partial charge in [-0.15, -0.1) is 0 Å². The summed E-state index contributed by atoms with van der Waals surface area (Å²) in [5.74, 6) is -1.32. The largest absolute Gasteiger partial charge is 0.346 e. The molecule has 1 spiro atoms. The standard InChI is InChI=1S/C14H16ClFN2O3/c15-10-3-1-4-11(12(10)16)17-13(19)18-6-2-5-14(9-18)20-7-8-21-14/h1,3-4H,2,5-9H2,(H,17,19). The molecule has 0 atom stereocenters. The van der Waals surface area contributed by atoms with Crippen LogP contribution < -0.4 is 5.32 Å². The molecule has 1 N–H and O–H groups in total. The van der Waals surface area contributed by atoms with E-state index >= 15 is 0 Å². The molecule has 2 amide bonds. The molecule has 5 nitrogen and oxygen atoms in total. The van der Waals surface area contributed by atoms with Gasteiger partial charge in [0.2, 0.25) is 0 Å². The van der Waals surface area contributed by atoms with E-state index in [1.807, 2.05) is 0 Å². The first-order valence-corrected chi connectivity index (χ1v) is 7.25. The molecule has 3 rings (SSSR count). The van der Waals surface area contributed by atoms with Crippen molar-refractivity contribution in [2.75, 3.05) is 31.6 Å². The van der Waals surface area contributed by atoms with Crippen LogP contribution in [0.15, 0.2) is 18.2 Å². The maximum Gasteiger partial charge on any atom is 0.322 e. The van der Waals surface area contributed by atoms with Gasteiger partial charge in [-0.05, 0) is 18.6 Å². The van der Waals surface area contributed by atoms with Crippen molar-refractivity contribution < 1.29 is 18.7 Å². The third kappa shape index (κ3) is 2.97. The third-order valence-corrected chi connectivity index (χ3v) is 4.00. The number of ether oxygens (including phenoxy) is 2. The summed E-state index contributed by atoms with van der Waals surface area (Å²) in [6, 6.07) is 4.11. The molecule has 21 heavy (non-hydrogen) atoms. The van der Waals surface area contributed by atoms with E-state index in [4.69, 9.17) is 21.1 Å². The Morgan fingerprint density at radius 2 is 2.14 bits per heavy atom. The second-order valence-electron chi connectivity index (χ2n) is 5.16. The molecular weight excluding hydrogens is 299 g/mol. The molecule has 2 fully saturated rings. The Morgan fingerprint density at radius 3 is 2.90 bits per heavy atom. The number of likely N-dealkylation sites (tertiary alicyclic amines) is 1. The predicted molar refractivity (Wildman–Crippen MR) is 75.9 cm³/mol. The minimum absolute atomic E-state index is 0.0228. The lowest BCUT2D eigenvalue weighted by Crippen LogP contribution is -2.52. The van der Waals surface area contributed by atoms with Crippen LogP contribution in [0, 0.1) is 5.82 Å². The monoisotopic (exact) mass is 314 g/mol. The maximum atomic E-state index is 13.8. The maximum absolute atomic E-state index is 13.8. The zero-order chi connectivity index (χ0) is 14.9. The number of piperidine rings is 1. The Bertz CT molecular complexity index is 549. The van der Waals surface area contributed by atoms with Gasteiger partial charge in [-0.2, -0.15) is 0 Å². The number of halogens is 2. The molecule has 2 saturated heterocycles. The molecule has 2 aliphatic rings. The summed E-state index contributed by atoms with van der Waals surface area (Å²) in [5.41, 5.74) is 0.0698. The second-order valence-corrected chi connectivity index (χ2v) is 5.57. The highest BCUT2D eigenvalue weighted by Crippen LogP contribution is 2.30. The number of rotatable bonds is 1. The van der Waals surface area contributed by atoms with Crippen molar-refractivity contribution >= 4 is 23.3 Å². The van der Waals surface area contributed by atoms with Crippen molar-refractivity contribution in [1.29, 1.82) is 0 Å². The number of hydrogen-bond acceptors (Lipinski definition) is 3. The van der Waals surface area contributed by atoms with Gasteiger partial charge < -0.3 is 19.7 Å². The van der Waals surface area contributed by atoms with E-state index < -0.39 is 11.6 Å². The Balaban J connectivity index is 1.69. The van der Waals surface area contributed by atoms with Gasteiger partial charge in [-0.3, -0.25) is 0 Å². The highest BCUT2D eigenvalue weighted by molar-refractivity contribution is 6.31. The molecule has 7 heteroatoms. The Morgan fingerprint density at radius 1 is 1.38 bits per heavy atom. The summed E-state index contributed by atoms with van der Waals surface area (Å²) in [5, 5.41) is 2.52. The van der Waals surface area contributed by atoms with Crippen molar-refractivity contribution in [3.63, 3.8) is 0 Å². The number of hydrogen-bond donors (Lipinski definition) is 1. The molecule has 1 aromatic carbocycles. The van der Waals surface area contributed by atoms with Crippen LogP contribution in [0.1, 0.15) is 12.8 Å². The van der Waals surface area contributed by atoms with E-state index in [-0.39, 0.29) is 16.7 Å². The molecule has 114 valence electrons. The van der Waals surface area contributed by atoms with Gasteiger partial charge in [0.15, 0.2) is 11.6 Å². The number of benzene rings is 1. The van der Waals surface area contributed by atoms with Crippen LogP contribution in [0.4, 0.5) is 14.9 Å². The molecule has 0 aliphatic carbocycles. The molecule has 0 unspecified atom stereocenters. The van der Waals surface area contributed by atoms with Crippen LogP contribution in [0.2, 0.25) is 5.02 Å². The van der Waals surface area contributed by atoms with Crippen LogP contribution in [-0.2, 0) is 9.47 Å². The average molecular weight is 315 g/mol. The van der Waals surface area contributed by atoms with Gasteiger partial charge in [0.1, 0.15) is 0 Å². The normalized spacial score (nSPS) is 20.8. The summed E-state index contributed by atoms with van der Waals surface area (Å²) in [4.78, 5) is 13.8. The molecule has 2 aliphatic heterocycles. The van der Waals surface area contributed by atoms with Crippen molar-refractivity contribution in [1.82, 2.24) is 4.90 Å². The number of amides is 2. The third-order valence-electron chi connectivity index (χ3n) is 3.71. The average Bonchev–Trinajstić information content (AvgIpc) is 2.92. The quantitative estimate of drug-likeness (QED) is 0.867. The van der Waals surface area contributed by atoms with Gasteiger partial charge in [0.05, 0.1) is 30.5 Å². The van der Waals surface area contributed by atoms with Crippen LogP contribution in [-0.4, -0.2) is 43.0 Å². The number of carbonyl (C=O) groups is 1. The van der Waals surface area contributed by atoms with Crippen LogP contribution in [0.5, 0.6) is 0 Å². The number of anilines is 1. The van der Waals surface area contributed by atoms with E-state index in [1.54, 1.807) is 11.0 Å². The molecule has 0 bridgehead atoms. The molecule has 0 aromatic heterocycles. The topological polar surface area (TPSA) is 50.8 Å². The fraction of sp³-hybridized carbons (Fsp3) is 0.500. The first kappa shape index (κ1) is 14.6. The van der Waals surface area contributed by atoms with Crippen LogP contribution in [0.3, 0.4) is 0 Å². The van der Waals surface area contributed by atoms with Gasteiger partial charge in [-0.1, -0.05) is 17.7 Å². The SMILES string of the molecule is O=C(Nc1cccc(Cl)c1F)N1CCCC2(C1)OCCO2. The second kappa shape index (κ2) is 5.79. The number of urea groups is 1. The Hall–Kier alpha value is -1.37. The van der Waals surface area contributed by atoms with Crippen molar-refractivity contribution in [3.8, 4) is 0 Å². The lowest BCUT2D eigenvalue weighted by Gasteiger charge is -2.38. The zero-order valence-corrected chi connectivity index (χ0v) is 12.2. The summed E-state index contributed by atoms with van der Waals surface area (Å²) in [6.45, 7) is 2.01. The number of nitrogens with one attached hydrogen (secondary N) is 1. The minimum atomic E-state index is -0.692. The van der Waals surface area contributed by atoms with E-state index in [9.17, 15) is 9.18 Å². The lowest BCUT2D eigenvalue weighted by atomic mass is 10.1. The summed E-state index contributed by atoms with van der Waals surface area (Å²) >= 11 is 5.70. The molecule has 0 radical (unpaired) electrons. The van der Waals surface area contributed by atoms with Crippen molar-refractivity contribution in [3.05, 3.63) is 29.0 Å². The van der Waals surface area contributed by atoms with Gasteiger partial charge >= 0.3 is 6.03 Å². The highest BCUT2D eigenvalue weighted by Gasteiger charge is 2.42. The van der Waals surface area contributed by atoms with E-state index in [2.05, 4.69) is 5.32 Å². The summed E-state index contributed by atoms with van der Waals surface area (Å²) in [7, 11) is 0. The Labute approximate surface area is 127 Å². The van der Waals surface area contributed by atoms with E-state index in [0.29, 0.717) is 26.3 Å². The molecule has 1 aromatic rings. The van der Waals surface area contributed by atoms with Gasteiger partial charge in [-0.25, -0.2) is 9.18 Å².